The van der Waals surface area contributed by atoms with Crippen molar-refractivity contribution in [3.05, 3.63) is 54.3 Å². The number of nitriles is 1. The molecule has 3 aromatic rings. The lowest BCUT2D eigenvalue weighted by atomic mass is 9.98. The van der Waals surface area contributed by atoms with Gasteiger partial charge in [0, 0.05) is 16.3 Å². The molecule has 1 aromatic heterocycles. The molecular formula is C22H19FN4OS. The second-order valence-corrected chi connectivity index (χ2v) is 8.30. The molecule has 1 aliphatic carbocycles. The monoisotopic (exact) mass is 406 g/mol. The molecule has 7 heteroatoms. The van der Waals surface area contributed by atoms with E-state index in [1.54, 1.807) is 19.1 Å². The predicted octanol–water partition coefficient (Wildman–Crippen LogP) is 4.34. The van der Waals surface area contributed by atoms with Crippen LogP contribution in [0, 0.1) is 23.1 Å². The first-order valence-electron chi connectivity index (χ1n) is 9.36. The summed E-state index contributed by atoms with van der Waals surface area (Å²) in [5.74, 6) is -0.116. The Morgan fingerprint density at radius 3 is 2.55 bits per heavy atom. The molecule has 1 aliphatic rings. The van der Waals surface area contributed by atoms with E-state index in [4.69, 9.17) is 0 Å². The van der Waals surface area contributed by atoms with Crippen molar-refractivity contribution in [2.75, 3.05) is 5.75 Å². The zero-order chi connectivity index (χ0) is 20.4. The summed E-state index contributed by atoms with van der Waals surface area (Å²) in [4.78, 5) is 12.4. The van der Waals surface area contributed by atoms with Crippen molar-refractivity contribution >= 4 is 28.4 Å². The van der Waals surface area contributed by atoms with E-state index in [9.17, 15) is 14.4 Å². The van der Waals surface area contributed by atoms with Crippen molar-refractivity contribution < 1.29 is 9.18 Å². The fourth-order valence-electron chi connectivity index (χ4n) is 3.35. The summed E-state index contributed by atoms with van der Waals surface area (Å²) < 4.78 is 13.3. The Morgan fingerprint density at radius 1 is 1.21 bits per heavy atom. The van der Waals surface area contributed by atoms with Crippen molar-refractivity contribution in [1.82, 2.24) is 15.5 Å². The Balaban J connectivity index is 1.56. The molecule has 0 spiro atoms. The maximum absolute atomic E-state index is 13.3. The third-order valence-electron chi connectivity index (χ3n) is 5.14. The van der Waals surface area contributed by atoms with E-state index >= 15 is 0 Å². The summed E-state index contributed by atoms with van der Waals surface area (Å²) in [6.07, 6.45) is 1.94. The molecule has 1 heterocycles. The molecule has 0 radical (unpaired) electrons. The second-order valence-electron chi connectivity index (χ2n) is 7.33. The minimum atomic E-state index is -0.808. The number of fused-ring (bicyclic) bond motifs is 1. The molecule has 1 saturated carbocycles. The van der Waals surface area contributed by atoms with Gasteiger partial charge in [0.15, 0.2) is 0 Å². The van der Waals surface area contributed by atoms with Crippen LogP contribution in [0.25, 0.3) is 22.0 Å². The number of rotatable bonds is 6. The third kappa shape index (κ3) is 4.08. The fraction of sp³-hybridized carbons (Fsp3) is 0.273. The summed E-state index contributed by atoms with van der Waals surface area (Å²) in [6, 6.07) is 16.0. The Bertz CT molecular complexity index is 1110. The first kappa shape index (κ1) is 19.3. The number of benzene rings is 2. The summed E-state index contributed by atoms with van der Waals surface area (Å²) in [7, 11) is 0. The van der Waals surface area contributed by atoms with E-state index in [1.807, 2.05) is 24.3 Å². The van der Waals surface area contributed by atoms with Gasteiger partial charge < -0.3 is 5.32 Å². The number of hydrogen-bond donors (Lipinski definition) is 1. The highest BCUT2D eigenvalue weighted by molar-refractivity contribution is 8.00. The van der Waals surface area contributed by atoms with Gasteiger partial charge in [0.1, 0.15) is 22.1 Å². The van der Waals surface area contributed by atoms with Crippen molar-refractivity contribution in [2.24, 2.45) is 5.92 Å². The largest absolute Gasteiger partial charge is 0.337 e. The van der Waals surface area contributed by atoms with Crippen LogP contribution in [0.4, 0.5) is 4.39 Å². The van der Waals surface area contributed by atoms with Gasteiger partial charge in [0.05, 0.1) is 11.8 Å². The second kappa shape index (κ2) is 7.80. The molecule has 0 unspecified atom stereocenters. The molecule has 146 valence electrons. The first-order valence-corrected chi connectivity index (χ1v) is 10.3. The van der Waals surface area contributed by atoms with Crippen LogP contribution in [0.15, 0.2) is 53.6 Å². The summed E-state index contributed by atoms with van der Waals surface area (Å²) >= 11 is 1.29. The van der Waals surface area contributed by atoms with Crippen molar-refractivity contribution in [3.8, 4) is 17.3 Å². The predicted molar refractivity (Wildman–Crippen MR) is 111 cm³/mol. The van der Waals surface area contributed by atoms with Crippen LogP contribution >= 0.6 is 11.8 Å². The molecule has 5 nitrogen and oxygen atoms in total. The number of halogens is 1. The third-order valence-corrected chi connectivity index (χ3v) is 6.12. The quantitative estimate of drug-likeness (QED) is 0.616. The van der Waals surface area contributed by atoms with Crippen LogP contribution in [-0.4, -0.2) is 27.4 Å². The number of thioether (sulfide) groups is 1. The lowest BCUT2D eigenvalue weighted by molar-refractivity contribution is -0.119. The Kier molecular flexibility index (Phi) is 5.20. The lowest BCUT2D eigenvalue weighted by Gasteiger charge is -2.22. The lowest BCUT2D eigenvalue weighted by Crippen LogP contribution is -2.47. The highest BCUT2D eigenvalue weighted by Crippen LogP contribution is 2.39. The molecule has 1 fully saturated rings. The Hall–Kier alpha value is -2.98. The molecular weight excluding hydrogens is 387 g/mol. The highest BCUT2D eigenvalue weighted by Gasteiger charge is 2.42. The molecule has 29 heavy (non-hydrogen) atoms. The maximum atomic E-state index is 13.3. The fourth-order valence-corrected chi connectivity index (χ4v) is 4.12. The van der Waals surface area contributed by atoms with E-state index in [0.29, 0.717) is 10.7 Å². The molecule has 4 rings (SSSR count). The number of amides is 1. The SMILES string of the molecule is C[C@@](C#N)(NC(=O)CSc1nnc(-c2ccc(F)cc2)c2ccccc12)C1CC1. The smallest absolute Gasteiger partial charge is 0.231 e. The zero-order valence-corrected chi connectivity index (χ0v) is 16.7. The van der Waals surface area contributed by atoms with Crippen LogP contribution in [0.5, 0.6) is 0 Å². The molecule has 0 bridgehead atoms. The van der Waals surface area contributed by atoms with Crippen LogP contribution in [0.3, 0.4) is 0 Å². The van der Waals surface area contributed by atoms with Gasteiger partial charge in [-0.15, -0.1) is 10.2 Å². The van der Waals surface area contributed by atoms with Crippen LogP contribution in [0.2, 0.25) is 0 Å². The van der Waals surface area contributed by atoms with Gasteiger partial charge in [-0.1, -0.05) is 36.0 Å². The molecule has 1 amide bonds. The molecule has 0 saturated heterocycles. The normalized spacial score (nSPS) is 15.5. The van der Waals surface area contributed by atoms with Crippen LogP contribution in [0.1, 0.15) is 19.8 Å². The average Bonchev–Trinajstić information content (AvgIpc) is 3.58. The van der Waals surface area contributed by atoms with E-state index in [1.165, 1.54) is 23.9 Å². The van der Waals surface area contributed by atoms with Gasteiger partial charge in [0.25, 0.3) is 0 Å². The minimum absolute atomic E-state index is 0.151. The number of nitrogens with zero attached hydrogens (tertiary/aromatic N) is 3. The Labute approximate surface area is 172 Å². The van der Waals surface area contributed by atoms with E-state index in [0.717, 1.165) is 29.2 Å². The van der Waals surface area contributed by atoms with Crippen LogP contribution < -0.4 is 5.32 Å². The van der Waals surface area contributed by atoms with Crippen molar-refractivity contribution in [3.63, 3.8) is 0 Å². The molecule has 1 atom stereocenters. The van der Waals surface area contributed by atoms with Crippen LogP contribution in [-0.2, 0) is 4.79 Å². The van der Waals surface area contributed by atoms with Gasteiger partial charge in [-0.05, 0) is 49.9 Å². The molecule has 1 N–H and O–H groups in total. The molecule has 0 aliphatic heterocycles. The van der Waals surface area contributed by atoms with Gasteiger partial charge >= 0.3 is 0 Å². The van der Waals surface area contributed by atoms with E-state index in [2.05, 4.69) is 21.6 Å². The van der Waals surface area contributed by atoms with Gasteiger partial charge in [-0.25, -0.2) is 4.39 Å². The zero-order valence-electron chi connectivity index (χ0n) is 15.9. The highest BCUT2D eigenvalue weighted by atomic mass is 32.2. The summed E-state index contributed by atoms with van der Waals surface area (Å²) in [6.45, 7) is 1.78. The Morgan fingerprint density at radius 2 is 1.90 bits per heavy atom. The summed E-state index contributed by atoms with van der Waals surface area (Å²) in [5, 5.41) is 23.3. The van der Waals surface area contributed by atoms with E-state index < -0.39 is 5.54 Å². The number of carbonyl (C=O) groups excluding carboxylic acids is 1. The van der Waals surface area contributed by atoms with E-state index in [-0.39, 0.29) is 23.4 Å². The first-order chi connectivity index (χ1) is 14.0. The van der Waals surface area contributed by atoms with Gasteiger partial charge in [0.2, 0.25) is 5.91 Å². The number of hydrogen-bond acceptors (Lipinski definition) is 5. The van der Waals surface area contributed by atoms with Gasteiger partial charge in [-0.3, -0.25) is 4.79 Å². The number of aromatic nitrogens is 2. The average molecular weight is 406 g/mol. The maximum Gasteiger partial charge on any atom is 0.231 e. The minimum Gasteiger partial charge on any atom is -0.337 e. The van der Waals surface area contributed by atoms with Crippen molar-refractivity contribution in [2.45, 2.75) is 30.3 Å². The number of carbonyl (C=O) groups is 1. The topological polar surface area (TPSA) is 78.7 Å². The van der Waals surface area contributed by atoms with Crippen molar-refractivity contribution in [1.29, 1.82) is 5.26 Å². The standard InChI is InChI=1S/C22H19FN4OS/c1-22(13-24,15-8-9-15)25-19(28)12-29-21-18-5-3-2-4-17(18)20(26-27-21)14-6-10-16(23)11-7-14/h2-7,10-11,15H,8-9,12H2,1H3,(H,25,28)/t22-/m0/s1. The molecule has 2 aromatic carbocycles. The number of nitrogens with one attached hydrogen (secondary N) is 1. The summed E-state index contributed by atoms with van der Waals surface area (Å²) in [5.41, 5.74) is 0.636. The van der Waals surface area contributed by atoms with Gasteiger partial charge in [-0.2, -0.15) is 5.26 Å².